The van der Waals surface area contributed by atoms with E-state index in [1.165, 1.54) is 12.1 Å². The molecule has 0 unspecified atom stereocenters. The standard InChI is InChI=1S/C16H19BrFNOS/c1-11(2)8-19-9-12-7-13(18)3-5-15(12)20-10-14-4-6-16(17)21-14/h3-7,11,19H,8-10H2,1-2H3. The highest BCUT2D eigenvalue weighted by molar-refractivity contribution is 9.11. The molecule has 0 amide bonds. The van der Waals surface area contributed by atoms with Crippen molar-refractivity contribution in [2.75, 3.05) is 6.54 Å². The molecule has 2 aromatic rings. The lowest BCUT2D eigenvalue weighted by molar-refractivity contribution is 0.305. The van der Waals surface area contributed by atoms with Crippen LogP contribution in [0.1, 0.15) is 24.3 Å². The first-order valence-electron chi connectivity index (χ1n) is 6.90. The van der Waals surface area contributed by atoms with Crippen molar-refractivity contribution in [1.29, 1.82) is 0 Å². The van der Waals surface area contributed by atoms with Gasteiger partial charge in [-0.3, -0.25) is 0 Å². The predicted molar refractivity (Wildman–Crippen MR) is 89.3 cm³/mol. The minimum atomic E-state index is -0.234. The van der Waals surface area contributed by atoms with E-state index in [-0.39, 0.29) is 5.82 Å². The zero-order valence-electron chi connectivity index (χ0n) is 12.2. The Morgan fingerprint density at radius 2 is 2.10 bits per heavy atom. The lowest BCUT2D eigenvalue weighted by Crippen LogP contribution is -2.19. The molecule has 0 fully saturated rings. The van der Waals surface area contributed by atoms with E-state index in [2.05, 4.69) is 35.1 Å². The van der Waals surface area contributed by atoms with Crippen LogP contribution in [0.3, 0.4) is 0 Å². The molecule has 0 atom stereocenters. The smallest absolute Gasteiger partial charge is 0.124 e. The molecule has 1 N–H and O–H groups in total. The molecule has 1 aromatic heterocycles. The Bertz CT molecular complexity index is 585. The second-order valence-corrected chi connectivity index (χ2v) is 7.82. The normalized spacial score (nSPS) is 11.1. The average molecular weight is 372 g/mol. The van der Waals surface area contributed by atoms with E-state index in [1.807, 2.05) is 12.1 Å². The quantitative estimate of drug-likeness (QED) is 0.741. The van der Waals surface area contributed by atoms with Crippen molar-refractivity contribution >= 4 is 27.3 Å². The Labute approximate surface area is 137 Å². The van der Waals surface area contributed by atoms with Gasteiger partial charge in [-0.05, 0) is 58.7 Å². The van der Waals surface area contributed by atoms with Gasteiger partial charge < -0.3 is 10.1 Å². The van der Waals surface area contributed by atoms with Gasteiger partial charge in [-0.15, -0.1) is 11.3 Å². The van der Waals surface area contributed by atoms with Crippen molar-refractivity contribution in [3.05, 3.63) is 50.4 Å². The Balaban J connectivity index is 2.00. The molecule has 0 spiro atoms. The zero-order valence-corrected chi connectivity index (χ0v) is 14.6. The molecule has 0 aliphatic heterocycles. The third-order valence-electron chi connectivity index (χ3n) is 2.89. The summed E-state index contributed by atoms with van der Waals surface area (Å²) in [5.41, 5.74) is 0.853. The van der Waals surface area contributed by atoms with E-state index in [0.717, 1.165) is 26.5 Å². The van der Waals surface area contributed by atoms with Gasteiger partial charge in [-0.1, -0.05) is 13.8 Å². The Hall–Kier alpha value is -0.910. The molecule has 21 heavy (non-hydrogen) atoms. The molecule has 0 saturated heterocycles. The van der Waals surface area contributed by atoms with Crippen LogP contribution in [-0.2, 0) is 13.2 Å². The Morgan fingerprint density at radius 1 is 1.29 bits per heavy atom. The van der Waals surface area contributed by atoms with E-state index >= 15 is 0 Å². The van der Waals surface area contributed by atoms with Crippen LogP contribution in [0.4, 0.5) is 4.39 Å². The summed E-state index contributed by atoms with van der Waals surface area (Å²) in [4.78, 5) is 1.13. The summed E-state index contributed by atoms with van der Waals surface area (Å²) in [5.74, 6) is 1.06. The predicted octanol–water partition coefficient (Wildman–Crippen LogP) is 4.97. The minimum absolute atomic E-state index is 0.234. The number of benzene rings is 1. The van der Waals surface area contributed by atoms with E-state index in [9.17, 15) is 4.39 Å². The van der Waals surface area contributed by atoms with Crippen LogP contribution >= 0.6 is 27.3 Å². The van der Waals surface area contributed by atoms with Crippen molar-refractivity contribution in [2.24, 2.45) is 5.92 Å². The summed E-state index contributed by atoms with van der Waals surface area (Å²) in [5, 5.41) is 3.32. The highest BCUT2D eigenvalue weighted by Crippen LogP contribution is 2.25. The van der Waals surface area contributed by atoms with Gasteiger partial charge in [0, 0.05) is 17.0 Å². The van der Waals surface area contributed by atoms with Crippen LogP contribution < -0.4 is 10.1 Å². The molecule has 0 aliphatic rings. The van der Waals surface area contributed by atoms with E-state index in [0.29, 0.717) is 19.1 Å². The highest BCUT2D eigenvalue weighted by Gasteiger charge is 2.07. The van der Waals surface area contributed by atoms with Crippen LogP contribution in [0.2, 0.25) is 0 Å². The first-order chi connectivity index (χ1) is 10.0. The summed E-state index contributed by atoms with van der Waals surface area (Å²) in [7, 11) is 0. The molecule has 0 radical (unpaired) electrons. The maximum atomic E-state index is 13.4. The zero-order chi connectivity index (χ0) is 15.2. The third kappa shape index (κ3) is 5.41. The fraction of sp³-hybridized carbons (Fsp3) is 0.375. The monoisotopic (exact) mass is 371 g/mol. The van der Waals surface area contributed by atoms with E-state index in [1.54, 1.807) is 17.4 Å². The summed E-state index contributed by atoms with van der Waals surface area (Å²) in [6.07, 6.45) is 0. The summed E-state index contributed by atoms with van der Waals surface area (Å²) >= 11 is 5.07. The third-order valence-corrected chi connectivity index (χ3v) is 4.49. The second kappa shape index (κ2) is 7.92. The van der Waals surface area contributed by atoms with Gasteiger partial charge in [-0.2, -0.15) is 0 Å². The van der Waals surface area contributed by atoms with Crippen LogP contribution in [0, 0.1) is 11.7 Å². The largest absolute Gasteiger partial charge is 0.488 e. The molecule has 2 nitrogen and oxygen atoms in total. The van der Waals surface area contributed by atoms with Crippen molar-refractivity contribution in [1.82, 2.24) is 5.32 Å². The van der Waals surface area contributed by atoms with Crippen LogP contribution in [0.25, 0.3) is 0 Å². The van der Waals surface area contributed by atoms with Gasteiger partial charge in [-0.25, -0.2) is 4.39 Å². The number of ether oxygens (including phenoxy) is 1. The maximum Gasteiger partial charge on any atom is 0.124 e. The lowest BCUT2D eigenvalue weighted by atomic mass is 10.1. The van der Waals surface area contributed by atoms with Crippen LogP contribution in [-0.4, -0.2) is 6.54 Å². The number of halogens is 2. The molecule has 0 aliphatic carbocycles. The molecular formula is C16H19BrFNOS. The molecule has 0 bridgehead atoms. The van der Waals surface area contributed by atoms with Crippen LogP contribution in [0.5, 0.6) is 5.75 Å². The number of nitrogens with one attached hydrogen (secondary N) is 1. The summed E-state index contributed by atoms with van der Waals surface area (Å²) in [6, 6.07) is 8.69. The molecule has 2 rings (SSSR count). The number of hydrogen-bond acceptors (Lipinski definition) is 3. The first kappa shape index (κ1) is 16.5. The van der Waals surface area contributed by atoms with Gasteiger partial charge in [0.1, 0.15) is 18.2 Å². The average Bonchev–Trinajstić information content (AvgIpc) is 2.83. The second-order valence-electron chi connectivity index (χ2n) is 5.27. The first-order valence-corrected chi connectivity index (χ1v) is 8.51. The van der Waals surface area contributed by atoms with E-state index in [4.69, 9.17) is 4.74 Å². The van der Waals surface area contributed by atoms with Gasteiger partial charge >= 0.3 is 0 Å². The molecule has 1 aromatic carbocycles. The van der Waals surface area contributed by atoms with Gasteiger partial charge in [0.25, 0.3) is 0 Å². The fourth-order valence-electron chi connectivity index (χ4n) is 1.90. The fourth-order valence-corrected chi connectivity index (χ4v) is 3.30. The van der Waals surface area contributed by atoms with Crippen molar-refractivity contribution in [3.8, 4) is 5.75 Å². The number of thiophene rings is 1. The Kier molecular flexibility index (Phi) is 6.21. The molecule has 0 saturated carbocycles. The SMILES string of the molecule is CC(C)CNCc1cc(F)ccc1OCc1ccc(Br)s1. The van der Waals surface area contributed by atoms with Gasteiger partial charge in [0.2, 0.25) is 0 Å². The summed E-state index contributed by atoms with van der Waals surface area (Å²) in [6.45, 7) is 6.29. The lowest BCUT2D eigenvalue weighted by Gasteiger charge is -2.13. The topological polar surface area (TPSA) is 21.3 Å². The molecule has 114 valence electrons. The molecular weight excluding hydrogens is 353 g/mol. The van der Waals surface area contributed by atoms with Gasteiger partial charge in [0.05, 0.1) is 3.79 Å². The maximum absolute atomic E-state index is 13.4. The van der Waals surface area contributed by atoms with Crippen molar-refractivity contribution < 1.29 is 9.13 Å². The summed E-state index contributed by atoms with van der Waals surface area (Å²) < 4.78 is 20.3. The van der Waals surface area contributed by atoms with Crippen molar-refractivity contribution in [3.63, 3.8) is 0 Å². The van der Waals surface area contributed by atoms with E-state index < -0.39 is 0 Å². The molecule has 5 heteroatoms. The van der Waals surface area contributed by atoms with Crippen molar-refractivity contribution in [2.45, 2.75) is 27.0 Å². The number of rotatable bonds is 7. The Morgan fingerprint density at radius 3 is 2.76 bits per heavy atom. The number of hydrogen-bond donors (Lipinski definition) is 1. The highest BCUT2D eigenvalue weighted by atomic mass is 79.9. The molecule has 1 heterocycles. The van der Waals surface area contributed by atoms with Gasteiger partial charge in [0.15, 0.2) is 0 Å². The van der Waals surface area contributed by atoms with Crippen LogP contribution in [0.15, 0.2) is 34.1 Å². The minimum Gasteiger partial charge on any atom is -0.488 e.